The fraction of sp³-hybridized carbons (Fsp3) is 1.00. The van der Waals surface area contributed by atoms with Gasteiger partial charge in [-0.3, -0.25) is 9.46 Å². The quantitative estimate of drug-likeness (QED) is 0.713. The van der Waals surface area contributed by atoms with Crippen molar-refractivity contribution in [2.45, 2.75) is 65.6 Å². The van der Waals surface area contributed by atoms with Crippen LogP contribution in [-0.4, -0.2) is 66.8 Å². The Hall–Kier alpha value is 0.0700. The van der Waals surface area contributed by atoms with Gasteiger partial charge in [-0.15, -0.1) is 0 Å². The molecular formula is C18H37N2O3P. The maximum absolute atomic E-state index is 13.8. The number of piperidine rings is 1. The van der Waals surface area contributed by atoms with Gasteiger partial charge in [0.25, 0.3) is 7.52 Å². The van der Waals surface area contributed by atoms with E-state index in [0.717, 1.165) is 52.2 Å². The predicted octanol–water partition coefficient (Wildman–Crippen LogP) is 3.84. The average Bonchev–Trinajstić information content (AvgIpc) is 2.52. The van der Waals surface area contributed by atoms with Crippen LogP contribution in [0.3, 0.4) is 0 Å². The Kier molecular flexibility index (Phi) is 6.58. The molecule has 2 fully saturated rings. The van der Waals surface area contributed by atoms with Crippen LogP contribution in [0.25, 0.3) is 0 Å². The van der Waals surface area contributed by atoms with Crippen molar-refractivity contribution in [3.8, 4) is 0 Å². The number of nitrogens with zero attached hydrogens (tertiary/aromatic N) is 2. The van der Waals surface area contributed by atoms with E-state index < -0.39 is 7.52 Å². The molecule has 6 heteroatoms. The predicted molar refractivity (Wildman–Crippen MR) is 99.8 cm³/mol. The van der Waals surface area contributed by atoms with Gasteiger partial charge in [0.2, 0.25) is 0 Å². The summed E-state index contributed by atoms with van der Waals surface area (Å²) < 4.78 is 27.5. The minimum absolute atomic E-state index is 0.0209. The Morgan fingerprint density at radius 1 is 1.00 bits per heavy atom. The highest BCUT2D eigenvalue weighted by molar-refractivity contribution is 7.58. The number of ether oxygens (including phenoxy) is 1. The number of rotatable bonds is 4. The second-order valence-corrected chi connectivity index (χ2v) is 12.6. The van der Waals surface area contributed by atoms with Gasteiger partial charge in [0.1, 0.15) is 0 Å². The Morgan fingerprint density at radius 2 is 1.54 bits per heavy atom. The van der Waals surface area contributed by atoms with E-state index in [9.17, 15) is 4.57 Å². The van der Waals surface area contributed by atoms with Gasteiger partial charge >= 0.3 is 0 Å². The highest BCUT2D eigenvalue weighted by atomic mass is 31.2. The van der Waals surface area contributed by atoms with Crippen molar-refractivity contribution in [3.05, 3.63) is 0 Å². The van der Waals surface area contributed by atoms with Crippen molar-refractivity contribution in [2.24, 2.45) is 5.41 Å². The van der Waals surface area contributed by atoms with Gasteiger partial charge < -0.3 is 9.26 Å². The molecule has 142 valence electrons. The largest absolute Gasteiger partial charge is 0.379 e. The number of morpholine rings is 1. The fourth-order valence-electron chi connectivity index (χ4n) is 3.40. The molecule has 0 aliphatic carbocycles. The average molecular weight is 360 g/mol. The Labute approximate surface area is 148 Å². The highest BCUT2D eigenvalue weighted by Gasteiger charge is 2.45. The van der Waals surface area contributed by atoms with E-state index in [4.69, 9.17) is 9.26 Å². The van der Waals surface area contributed by atoms with Crippen molar-refractivity contribution in [1.82, 2.24) is 9.57 Å². The van der Waals surface area contributed by atoms with Crippen LogP contribution >= 0.6 is 7.52 Å². The second kappa shape index (κ2) is 7.75. The minimum atomic E-state index is -2.85. The van der Waals surface area contributed by atoms with Crippen LogP contribution in [0.15, 0.2) is 0 Å². The molecule has 0 saturated carbocycles. The van der Waals surface area contributed by atoms with Crippen LogP contribution in [0.4, 0.5) is 0 Å². The molecule has 1 unspecified atom stereocenters. The molecule has 0 radical (unpaired) electrons. The summed E-state index contributed by atoms with van der Waals surface area (Å²) in [4.78, 5) is 2.54. The SMILES string of the molecule is CC(C)(C)COP(=O)(N1CCC(N2CCOCC2)CC1)C(C)(C)C. The zero-order chi connectivity index (χ0) is 18.0. The van der Waals surface area contributed by atoms with E-state index in [-0.39, 0.29) is 10.6 Å². The molecule has 0 spiro atoms. The second-order valence-electron chi connectivity index (χ2n) is 9.36. The topological polar surface area (TPSA) is 42.0 Å². The molecular weight excluding hydrogens is 323 g/mol. The van der Waals surface area contributed by atoms with E-state index in [1.165, 1.54) is 0 Å². The van der Waals surface area contributed by atoms with Gasteiger partial charge in [0.15, 0.2) is 0 Å². The summed E-state index contributed by atoms with van der Waals surface area (Å²) in [6.07, 6.45) is 2.14. The molecule has 0 bridgehead atoms. The maximum atomic E-state index is 13.8. The molecule has 24 heavy (non-hydrogen) atoms. The standard InChI is InChI=1S/C18H37N2O3P/c1-17(2,3)15-23-24(21,18(4,5)6)20-9-7-16(8-10-20)19-11-13-22-14-12-19/h16H,7-15H2,1-6H3. The van der Waals surface area contributed by atoms with Gasteiger partial charge in [-0.25, -0.2) is 4.67 Å². The molecule has 0 aromatic carbocycles. The smallest absolute Gasteiger partial charge is 0.277 e. The van der Waals surface area contributed by atoms with Crippen LogP contribution in [0, 0.1) is 5.41 Å². The molecule has 5 nitrogen and oxygen atoms in total. The van der Waals surface area contributed by atoms with E-state index >= 15 is 0 Å². The summed E-state index contributed by atoms with van der Waals surface area (Å²) in [6, 6.07) is 0.598. The van der Waals surface area contributed by atoms with Gasteiger partial charge in [-0.05, 0) is 39.0 Å². The van der Waals surface area contributed by atoms with Crippen molar-refractivity contribution in [2.75, 3.05) is 46.0 Å². The van der Waals surface area contributed by atoms with E-state index in [0.29, 0.717) is 12.6 Å². The van der Waals surface area contributed by atoms with Crippen LogP contribution in [0.1, 0.15) is 54.4 Å². The van der Waals surface area contributed by atoms with E-state index in [2.05, 4.69) is 30.3 Å². The van der Waals surface area contributed by atoms with Crippen LogP contribution in [0.2, 0.25) is 0 Å². The molecule has 0 amide bonds. The number of hydrogen-bond acceptors (Lipinski definition) is 4. The maximum Gasteiger partial charge on any atom is 0.277 e. The lowest BCUT2D eigenvalue weighted by Gasteiger charge is -2.45. The first-order valence-corrected chi connectivity index (χ1v) is 10.9. The van der Waals surface area contributed by atoms with Crippen LogP contribution in [0.5, 0.6) is 0 Å². The first-order chi connectivity index (χ1) is 11.0. The summed E-state index contributed by atoms with van der Waals surface area (Å²) in [5.41, 5.74) is 0.0209. The Bertz CT molecular complexity index is 442. The van der Waals surface area contributed by atoms with E-state index in [1.54, 1.807) is 0 Å². The fourth-order valence-corrected chi connectivity index (χ4v) is 6.12. The van der Waals surface area contributed by atoms with E-state index in [1.807, 2.05) is 20.8 Å². The van der Waals surface area contributed by atoms with Gasteiger partial charge in [0.05, 0.1) is 25.0 Å². The van der Waals surface area contributed by atoms with Gasteiger partial charge in [0, 0.05) is 32.2 Å². The first-order valence-electron chi connectivity index (χ1n) is 9.35. The zero-order valence-corrected chi connectivity index (χ0v) is 17.4. The lowest BCUT2D eigenvalue weighted by atomic mass is 9.99. The summed E-state index contributed by atoms with van der Waals surface area (Å²) in [7, 11) is -2.85. The van der Waals surface area contributed by atoms with Crippen molar-refractivity contribution in [3.63, 3.8) is 0 Å². The third-order valence-electron chi connectivity index (χ3n) is 4.90. The highest BCUT2D eigenvalue weighted by Crippen LogP contribution is 2.62. The Balaban J connectivity index is 2.00. The molecule has 0 aromatic heterocycles. The van der Waals surface area contributed by atoms with Crippen molar-refractivity contribution in [1.29, 1.82) is 0 Å². The first kappa shape index (κ1) is 20.4. The van der Waals surface area contributed by atoms with Gasteiger partial charge in [-0.1, -0.05) is 20.8 Å². The van der Waals surface area contributed by atoms with Crippen LogP contribution < -0.4 is 0 Å². The summed E-state index contributed by atoms with van der Waals surface area (Å²) in [5.74, 6) is 0. The van der Waals surface area contributed by atoms with Crippen molar-refractivity contribution < 1.29 is 13.8 Å². The third-order valence-corrected chi connectivity index (χ3v) is 8.21. The summed E-state index contributed by atoms with van der Waals surface area (Å²) >= 11 is 0. The molecule has 0 N–H and O–H groups in total. The molecule has 2 rings (SSSR count). The monoisotopic (exact) mass is 360 g/mol. The normalized spacial score (nSPS) is 25.6. The molecule has 2 aliphatic rings. The molecule has 2 saturated heterocycles. The van der Waals surface area contributed by atoms with Crippen molar-refractivity contribution >= 4 is 7.52 Å². The van der Waals surface area contributed by atoms with Crippen LogP contribution in [-0.2, 0) is 13.8 Å². The molecule has 2 aliphatic heterocycles. The lowest BCUT2D eigenvalue weighted by Crippen LogP contribution is -2.49. The zero-order valence-electron chi connectivity index (χ0n) is 16.5. The van der Waals surface area contributed by atoms with Gasteiger partial charge in [-0.2, -0.15) is 0 Å². The summed E-state index contributed by atoms with van der Waals surface area (Å²) in [5, 5.41) is -0.357. The lowest BCUT2D eigenvalue weighted by molar-refractivity contribution is 0.00479. The minimum Gasteiger partial charge on any atom is -0.379 e. The Morgan fingerprint density at radius 3 is 2.00 bits per heavy atom. The number of hydrogen-bond donors (Lipinski definition) is 0. The molecule has 2 heterocycles. The molecule has 1 atom stereocenters. The third kappa shape index (κ3) is 5.04. The molecule has 0 aromatic rings. The summed E-state index contributed by atoms with van der Waals surface area (Å²) in [6.45, 7) is 18.5.